The number of rotatable bonds is 2. The first-order valence-corrected chi connectivity index (χ1v) is 6.44. The zero-order valence-corrected chi connectivity index (χ0v) is 10.9. The first kappa shape index (κ1) is 11.5. The third-order valence-electron chi connectivity index (χ3n) is 3.53. The fourth-order valence-corrected chi connectivity index (χ4v) is 2.64. The average molecular weight is 242 g/mol. The van der Waals surface area contributed by atoms with Gasteiger partial charge in [-0.15, -0.1) is 0 Å². The summed E-state index contributed by atoms with van der Waals surface area (Å²) in [6.45, 7) is 5.73. The number of nitrogens with zero attached hydrogens (tertiary/aromatic N) is 2. The molecule has 0 spiro atoms. The van der Waals surface area contributed by atoms with Gasteiger partial charge in [-0.2, -0.15) is 5.10 Å². The lowest BCUT2D eigenvalue weighted by molar-refractivity contribution is 0.0278. The van der Waals surface area contributed by atoms with Crippen molar-refractivity contribution in [3.8, 4) is 0 Å². The third kappa shape index (κ3) is 2.06. The predicted octanol–water partition coefficient (Wildman–Crippen LogP) is 2.81. The highest BCUT2D eigenvalue weighted by molar-refractivity contribution is 5.30. The van der Waals surface area contributed by atoms with Gasteiger partial charge in [0.25, 0.3) is 0 Å². The fraction of sp³-hybridized carbons (Fsp3) is 0.400. The van der Waals surface area contributed by atoms with Crippen LogP contribution in [0.2, 0.25) is 0 Å². The molecule has 1 aromatic carbocycles. The van der Waals surface area contributed by atoms with E-state index in [0.29, 0.717) is 0 Å². The largest absolute Gasteiger partial charge is 0.371 e. The van der Waals surface area contributed by atoms with Crippen molar-refractivity contribution in [3.63, 3.8) is 0 Å². The zero-order chi connectivity index (χ0) is 12.5. The second kappa shape index (κ2) is 4.58. The van der Waals surface area contributed by atoms with E-state index in [0.717, 1.165) is 25.3 Å². The van der Waals surface area contributed by atoms with E-state index in [-0.39, 0.29) is 6.10 Å². The number of aromatic nitrogens is 2. The third-order valence-corrected chi connectivity index (χ3v) is 3.53. The summed E-state index contributed by atoms with van der Waals surface area (Å²) in [7, 11) is 0. The molecule has 0 bridgehead atoms. The van der Waals surface area contributed by atoms with Gasteiger partial charge < -0.3 is 4.74 Å². The summed E-state index contributed by atoms with van der Waals surface area (Å²) in [6.07, 6.45) is 1.15. The molecule has 0 saturated heterocycles. The van der Waals surface area contributed by atoms with Crippen molar-refractivity contribution in [2.45, 2.75) is 32.9 Å². The van der Waals surface area contributed by atoms with E-state index in [1.165, 1.54) is 16.8 Å². The van der Waals surface area contributed by atoms with Crippen molar-refractivity contribution in [1.82, 2.24) is 9.78 Å². The van der Waals surface area contributed by atoms with Gasteiger partial charge in [0.05, 0.1) is 18.8 Å². The lowest BCUT2D eigenvalue weighted by atomic mass is 9.97. The Kier molecular flexibility index (Phi) is 2.92. The highest BCUT2D eigenvalue weighted by Gasteiger charge is 2.21. The molecule has 0 aliphatic carbocycles. The van der Waals surface area contributed by atoms with Crippen LogP contribution in [0.3, 0.4) is 0 Å². The molecule has 1 aliphatic heterocycles. The summed E-state index contributed by atoms with van der Waals surface area (Å²) in [5, 5.41) is 4.51. The maximum atomic E-state index is 5.91. The fourth-order valence-electron chi connectivity index (χ4n) is 2.64. The normalized spacial score (nSPS) is 18.7. The summed E-state index contributed by atoms with van der Waals surface area (Å²) in [5.74, 6) is 0. The predicted molar refractivity (Wildman–Crippen MR) is 70.5 cm³/mol. The summed E-state index contributed by atoms with van der Waals surface area (Å²) in [4.78, 5) is 0. The molecule has 3 rings (SSSR count). The van der Waals surface area contributed by atoms with E-state index in [1.807, 2.05) is 11.6 Å². The van der Waals surface area contributed by atoms with Gasteiger partial charge in [-0.3, -0.25) is 4.68 Å². The van der Waals surface area contributed by atoms with Gasteiger partial charge in [-0.25, -0.2) is 0 Å². The standard InChI is InChI=1S/C15H18N2O/c1-11-9-12(2)17(16-11)10-15-14-6-4-3-5-13(14)7-8-18-15/h3-6,9,15H,7-8,10H2,1-2H3. The number of hydrogen-bond acceptors (Lipinski definition) is 2. The Morgan fingerprint density at radius 2 is 2.17 bits per heavy atom. The van der Waals surface area contributed by atoms with E-state index < -0.39 is 0 Å². The molecule has 1 atom stereocenters. The quantitative estimate of drug-likeness (QED) is 0.809. The van der Waals surface area contributed by atoms with Crippen LogP contribution in [0.4, 0.5) is 0 Å². The Morgan fingerprint density at radius 3 is 2.94 bits per heavy atom. The number of fused-ring (bicyclic) bond motifs is 1. The van der Waals surface area contributed by atoms with E-state index in [2.05, 4.69) is 42.4 Å². The molecule has 0 N–H and O–H groups in total. The van der Waals surface area contributed by atoms with Crippen molar-refractivity contribution in [1.29, 1.82) is 0 Å². The Labute approximate surface area is 107 Å². The lowest BCUT2D eigenvalue weighted by Crippen LogP contribution is -2.21. The monoisotopic (exact) mass is 242 g/mol. The van der Waals surface area contributed by atoms with Gasteiger partial charge in [0.1, 0.15) is 6.10 Å². The molecule has 0 saturated carbocycles. The minimum absolute atomic E-state index is 0.132. The molecule has 0 radical (unpaired) electrons. The molecular formula is C15H18N2O. The summed E-state index contributed by atoms with van der Waals surface area (Å²) < 4.78 is 7.96. The van der Waals surface area contributed by atoms with Crippen LogP contribution in [0.1, 0.15) is 28.6 Å². The highest BCUT2D eigenvalue weighted by atomic mass is 16.5. The number of benzene rings is 1. The maximum absolute atomic E-state index is 5.91. The molecule has 2 aromatic rings. The number of hydrogen-bond donors (Lipinski definition) is 0. The summed E-state index contributed by atoms with van der Waals surface area (Å²) in [5.41, 5.74) is 4.99. The van der Waals surface area contributed by atoms with Crippen molar-refractivity contribution in [2.24, 2.45) is 0 Å². The van der Waals surface area contributed by atoms with Crippen LogP contribution in [0.5, 0.6) is 0 Å². The SMILES string of the molecule is Cc1cc(C)n(CC2OCCc3ccccc32)n1. The van der Waals surface area contributed by atoms with Crippen LogP contribution < -0.4 is 0 Å². The molecule has 1 unspecified atom stereocenters. The van der Waals surface area contributed by atoms with Crippen LogP contribution >= 0.6 is 0 Å². The Morgan fingerprint density at radius 1 is 1.33 bits per heavy atom. The second-order valence-electron chi connectivity index (χ2n) is 4.92. The molecule has 18 heavy (non-hydrogen) atoms. The number of aryl methyl sites for hydroxylation is 2. The molecule has 0 fully saturated rings. The Hall–Kier alpha value is -1.61. The zero-order valence-electron chi connectivity index (χ0n) is 10.9. The summed E-state index contributed by atoms with van der Waals surface area (Å²) in [6, 6.07) is 10.7. The van der Waals surface area contributed by atoms with Crippen molar-refractivity contribution in [2.75, 3.05) is 6.61 Å². The molecule has 1 aliphatic rings. The van der Waals surface area contributed by atoms with E-state index >= 15 is 0 Å². The van der Waals surface area contributed by atoms with E-state index in [9.17, 15) is 0 Å². The van der Waals surface area contributed by atoms with Gasteiger partial charge in [0.2, 0.25) is 0 Å². The van der Waals surface area contributed by atoms with Gasteiger partial charge in [-0.05, 0) is 37.5 Å². The Balaban J connectivity index is 1.88. The minimum atomic E-state index is 0.132. The van der Waals surface area contributed by atoms with Gasteiger partial charge in [0.15, 0.2) is 0 Å². The van der Waals surface area contributed by atoms with Crippen LogP contribution in [0.25, 0.3) is 0 Å². The van der Waals surface area contributed by atoms with E-state index in [4.69, 9.17) is 4.74 Å². The van der Waals surface area contributed by atoms with Gasteiger partial charge >= 0.3 is 0 Å². The molecule has 2 heterocycles. The average Bonchev–Trinajstić information content (AvgIpc) is 2.68. The molecule has 94 valence electrons. The van der Waals surface area contributed by atoms with Crippen LogP contribution in [-0.4, -0.2) is 16.4 Å². The number of ether oxygens (including phenoxy) is 1. The lowest BCUT2D eigenvalue weighted by Gasteiger charge is -2.26. The first-order chi connectivity index (χ1) is 8.74. The van der Waals surface area contributed by atoms with Crippen molar-refractivity contribution >= 4 is 0 Å². The Bertz CT molecular complexity index is 559. The smallest absolute Gasteiger partial charge is 0.102 e. The van der Waals surface area contributed by atoms with Crippen LogP contribution in [0, 0.1) is 13.8 Å². The molecule has 1 aromatic heterocycles. The highest BCUT2D eigenvalue weighted by Crippen LogP contribution is 2.28. The molecular weight excluding hydrogens is 224 g/mol. The molecule has 3 heteroatoms. The second-order valence-corrected chi connectivity index (χ2v) is 4.92. The van der Waals surface area contributed by atoms with E-state index in [1.54, 1.807) is 0 Å². The summed E-state index contributed by atoms with van der Waals surface area (Å²) >= 11 is 0. The van der Waals surface area contributed by atoms with Crippen LogP contribution in [0.15, 0.2) is 30.3 Å². The first-order valence-electron chi connectivity index (χ1n) is 6.44. The molecule has 3 nitrogen and oxygen atoms in total. The topological polar surface area (TPSA) is 27.1 Å². The molecule has 0 amide bonds. The minimum Gasteiger partial charge on any atom is -0.371 e. The van der Waals surface area contributed by atoms with Gasteiger partial charge in [-0.1, -0.05) is 24.3 Å². The van der Waals surface area contributed by atoms with Gasteiger partial charge in [0, 0.05) is 5.69 Å². The van der Waals surface area contributed by atoms with Crippen LogP contribution in [-0.2, 0) is 17.7 Å². The van der Waals surface area contributed by atoms with Crippen molar-refractivity contribution < 1.29 is 4.74 Å². The maximum Gasteiger partial charge on any atom is 0.102 e. The van der Waals surface area contributed by atoms with Crippen molar-refractivity contribution in [3.05, 3.63) is 52.8 Å².